The number of hydrogen-bond donors (Lipinski definition) is 3. The molecule has 0 heterocycles. The van der Waals surface area contributed by atoms with Gasteiger partial charge in [-0.15, -0.1) is 0 Å². The van der Waals surface area contributed by atoms with E-state index in [0.717, 1.165) is 5.56 Å². The van der Waals surface area contributed by atoms with Gasteiger partial charge in [0.05, 0.1) is 13.2 Å². The van der Waals surface area contributed by atoms with Crippen LogP contribution in [0.4, 0.5) is 0 Å². The van der Waals surface area contributed by atoms with Crippen LogP contribution in [-0.2, 0) is 6.42 Å². The Labute approximate surface area is 88.8 Å². The standard InChI is InChI=1S/C11H16O4/c1-7(13)9-5-8(3-4-12)11(15-2)6-10(9)14/h5-7,12-14H,3-4H2,1-2H3. The normalized spacial score (nSPS) is 12.5. The molecule has 3 N–H and O–H groups in total. The van der Waals surface area contributed by atoms with E-state index in [1.807, 2.05) is 0 Å². The minimum Gasteiger partial charge on any atom is -0.507 e. The summed E-state index contributed by atoms with van der Waals surface area (Å²) < 4.78 is 5.06. The highest BCUT2D eigenvalue weighted by atomic mass is 16.5. The van der Waals surface area contributed by atoms with Gasteiger partial charge in [0, 0.05) is 18.2 Å². The van der Waals surface area contributed by atoms with E-state index in [9.17, 15) is 10.2 Å². The topological polar surface area (TPSA) is 69.9 Å². The summed E-state index contributed by atoms with van der Waals surface area (Å²) in [6, 6.07) is 3.10. The molecule has 0 spiro atoms. The molecule has 0 bridgehead atoms. The van der Waals surface area contributed by atoms with Crippen LogP contribution in [0.5, 0.6) is 11.5 Å². The van der Waals surface area contributed by atoms with Crippen molar-refractivity contribution >= 4 is 0 Å². The third-order valence-corrected chi connectivity index (χ3v) is 2.26. The molecule has 1 atom stereocenters. The predicted octanol–water partition coefficient (Wildman–Crippen LogP) is 0.989. The molecule has 0 aliphatic heterocycles. The lowest BCUT2D eigenvalue weighted by atomic mass is 10.0. The highest BCUT2D eigenvalue weighted by Gasteiger charge is 2.12. The summed E-state index contributed by atoms with van der Waals surface area (Å²) in [7, 11) is 1.50. The first kappa shape index (κ1) is 11.8. The van der Waals surface area contributed by atoms with Gasteiger partial charge in [0.15, 0.2) is 0 Å². The van der Waals surface area contributed by atoms with Crippen LogP contribution in [0.2, 0.25) is 0 Å². The molecule has 0 aromatic heterocycles. The summed E-state index contributed by atoms with van der Waals surface area (Å²) in [5.41, 5.74) is 1.22. The summed E-state index contributed by atoms with van der Waals surface area (Å²) in [5.74, 6) is 0.523. The average Bonchev–Trinajstić information content (AvgIpc) is 2.20. The predicted molar refractivity (Wildman–Crippen MR) is 56.1 cm³/mol. The van der Waals surface area contributed by atoms with E-state index in [0.29, 0.717) is 17.7 Å². The van der Waals surface area contributed by atoms with Crippen LogP contribution in [0.15, 0.2) is 12.1 Å². The second kappa shape index (κ2) is 5.00. The molecule has 1 aromatic rings. The molecule has 0 fully saturated rings. The molecular formula is C11H16O4. The Morgan fingerprint density at radius 3 is 2.53 bits per heavy atom. The number of benzene rings is 1. The molecule has 1 unspecified atom stereocenters. The van der Waals surface area contributed by atoms with Crippen LogP contribution < -0.4 is 4.74 Å². The number of aromatic hydroxyl groups is 1. The molecule has 1 rings (SSSR count). The van der Waals surface area contributed by atoms with Gasteiger partial charge in [-0.05, 0) is 25.0 Å². The molecule has 4 heteroatoms. The zero-order valence-corrected chi connectivity index (χ0v) is 8.90. The van der Waals surface area contributed by atoms with Crippen molar-refractivity contribution in [1.29, 1.82) is 0 Å². The monoisotopic (exact) mass is 212 g/mol. The van der Waals surface area contributed by atoms with Crippen molar-refractivity contribution in [3.8, 4) is 11.5 Å². The number of aliphatic hydroxyl groups is 2. The molecule has 84 valence electrons. The first-order chi connectivity index (χ1) is 7.10. The minimum atomic E-state index is -0.742. The number of rotatable bonds is 4. The second-order valence-corrected chi connectivity index (χ2v) is 3.37. The van der Waals surface area contributed by atoms with Gasteiger partial charge in [-0.2, -0.15) is 0 Å². The van der Waals surface area contributed by atoms with E-state index in [1.165, 1.54) is 13.2 Å². The molecule has 4 nitrogen and oxygen atoms in total. The fourth-order valence-electron chi connectivity index (χ4n) is 1.47. The summed E-state index contributed by atoms with van der Waals surface area (Å²) in [5, 5.41) is 27.8. The van der Waals surface area contributed by atoms with Crippen molar-refractivity contribution in [1.82, 2.24) is 0 Å². The third-order valence-electron chi connectivity index (χ3n) is 2.26. The van der Waals surface area contributed by atoms with Gasteiger partial charge in [0.25, 0.3) is 0 Å². The van der Waals surface area contributed by atoms with E-state index < -0.39 is 6.10 Å². The third kappa shape index (κ3) is 2.61. The SMILES string of the molecule is COc1cc(O)c(C(C)O)cc1CCO. The molecule has 0 aliphatic rings. The van der Waals surface area contributed by atoms with Gasteiger partial charge in [-0.3, -0.25) is 0 Å². The molecule has 0 saturated heterocycles. The van der Waals surface area contributed by atoms with Gasteiger partial charge in [0.2, 0.25) is 0 Å². The van der Waals surface area contributed by atoms with Crippen molar-refractivity contribution in [2.24, 2.45) is 0 Å². The molecular weight excluding hydrogens is 196 g/mol. The van der Waals surface area contributed by atoms with Crippen molar-refractivity contribution in [3.05, 3.63) is 23.3 Å². The summed E-state index contributed by atoms with van der Waals surface area (Å²) in [6.07, 6.45) is -0.309. The largest absolute Gasteiger partial charge is 0.507 e. The Bertz CT molecular complexity index is 334. The van der Waals surface area contributed by atoms with Crippen LogP contribution in [0, 0.1) is 0 Å². The Balaban J connectivity index is 3.17. The molecule has 0 saturated carbocycles. The average molecular weight is 212 g/mol. The van der Waals surface area contributed by atoms with Crippen LogP contribution >= 0.6 is 0 Å². The molecule has 15 heavy (non-hydrogen) atoms. The van der Waals surface area contributed by atoms with Gasteiger partial charge < -0.3 is 20.1 Å². The van der Waals surface area contributed by atoms with E-state index in [4.69, 9.17) is 9.84 Å². The Morgan fingerprint density at radius 2 is 2.07 bits per heavy atom. The Hall–Kier alpha value is -1.26. The smallest absolute Gasteiger partial charge is 0.125 e. The lowest BCUT2D eigenvalue weighted by Gasteiger charge is -2.13. The summed E-state index contributed by atoms with van der Waals surface area (Å²) >= 11 is 0. The van der Waals surface area contributed by atoms with E-state index in [-0.39, 0.29) is 12.4 Å². The van der Waals surface area contributed by atoms with Crippen molar-refractivity contribution < 1.29 is 20.1 Å². The van der Waals surface area contributed by atoms with Gasteiger partial charge >= 0.3 is 0 Å². The first-order valence-electron chi connectivity index (χ1n) is 4.78. The highest BCUT2D eigenvalue weighted by molar-refractivity contribution is 5.46. The Kier molecular flexibility index (Phi) is 3.94. The number of ether oxygens (including phenoxy) is 1. The van der Waals surface area contributed by atoms with E-state index >= 15 is 0 Å². The summed E-state index contributed by atoms with van der Waals surface area (Å²) in [4.78, 5) is 0. The molecule has 0 amide bonds. The lowest BCUT2D eigenvalue weighted by Crippen LogP contribution is -2.00. The molecule has 0 aliphatic carbocycles. The zero-order chi connectivity index (χ0) is 11.4. The minimum absolute atomic E-state index is 0.000382. The zero-order valence-electron chi connectivity index (χ0n) is 8.90. The number of phenols is 1. The first-order valence-corrected chi connectivity index (χ1v) is 4.78. The molecule has 0 radical (unpaired) electrons. The van der Waals surface area contributed by atoms with Gasteiger partial charge in [0.1, 0.15) is 11.5 Å². The van der Waals surface area contributed by atoms with Gasteiger partial charge in [-0.1, -0.05) is 0 Å². The van der Waals surface area contributed by atoms with Crippen LogP contribution in [0.25, 0.3) is 0 Å². The van der Waals surface area contributed by atoms with E-state index in [2.05, 4.69) is 0 Å². The summed E-state index contributed by atoms with van der Waals surface area (Å²) in [6.45, 7) is 1.57. The van der Waals surface area contributed by atoms with Crippen molar-refractivity contribution in [2.45, 2.75) is 19.4 Å². The maximum atomic E-state index is 9.58. The number of methoxy groups -OCH3 is 1. The lowest BCUT2D eigenvalue weighted by molar-refractivity contribution is 0.194. The quantitative estimate of drug-likeness (QED) is 0.696. The fourth-order valence-corrected chi connectivity index (χ4v) is 1.47. The van der Waals surface area contributed by atoms with Crippen LogP contribution in [-0.4, -0.2) is 29.0 Å². The van der Waals surface area contributed by atoms with E-state index in [1.54, 1.807) is 13.0 Å². The maximum Gasteiger partial charge on any atom is 0.125 e. The van der Waals surface area contributed by atoms with Crippen LogP contribution in [0.3, 0.4) is 0 Å². The fraction of sp³-hybridized carbons (Fsp3) is 0.455. The number of aliphatic hydroxyl groups excluding tert-OH is 2. The van der Waals surface area contributed by atoms with Gasteiger partial charge in [-0.25, -0.2) is 0 Å². The maximum absolute atomic E-state index is 9.58. The van der Waals surface area contributed by atoms with Crippen molar-refractivity contribution in [2.75, 3.05) is 13.7 Å². The Morgan fingerprint density at radius 1 is 1.40 bits per heavy atom. The number of hydrogen-bond acceptors (Lipinski definition) is 4. The van der Waals surface area contributed by atoms with Crippen LogP contribution in [0.1, 0.15) is 24.2 Å². The van der Waals surface area contributed by atoms with Crippen molar-refractivity contribution in [3.63, 3.8) is 0 Å². The molecule has 1 aromatic carbocycles. The second-order valence-electron chi connectivity index (χ2n) is 3.37. The highest BCUT2D eigenvalue weighted by Crippen LogP contribution is 2.32. The number of phenolic OH excluding ortho intramolecular Hbond substituents is 1.